The summed E-state index contributed by atoms with van der Waals surface area (Å²) in [4.78, 5) is 2.42. The van der Waals surface area contributed by atoms with E-state index in [-0.39, 0.29) is 0 Å². The average Bonchev–Trinajstić information content (AvgIpc) is 2.04. The van der Waals surface area contributed by atoms with Gasteiger partial charge < -0.3 is 10.2 Å². The van der Waals surface area contributed by atoms with Crippen molar-refractivity contribution in [3.05, 3.63) is 0 Å². The smallest absolute Gasteiger partial charge is 0.0198 e. The van der Waals surface area contributed by atoms with Crippen molar-refractivity contribution in [3.63, 3.8) is 0 Å². The van der Waals surface area contributed by atoms with E-state index >= 15 is 0 Å². The van der Waals surface area contributed by atoms with Gasteiger partial charge in [-0.15, -0.1) is 0 Å². The summed E-state index contributed by atoms with van der Waals surface area (Å²) in [7, 11) is 2.22. The lowest BCUT2D eigenvalue weighted by Gasteiger charge is -2.32. The van der Waals surface area contributed by atoms with Crippen LogP contribution in [0.15, 0.2) is 0 Å². The molecule has 13 heavy (non-hydrogen) atoms. The minimum absolute atomic E-state index is 0.659. The van der Waals surface area contributed by atoms with Crippen LogP contribution in [0.2, 0.25) is 0 Å². The molecule has 1 aliphatic heterocycles. The molecule has 2 nitrogen and oxygen atoms in total. The third kappa shape index (κ3) is 4.34. The Morgan fingerprint density at radius 1 is 1.62 bits per heavy atom. The lowest BCUT2D eigenvalue weighted by Crippen LogP contribution is -2.47. The monoisotopic (exact) mass is 202 g/mol. The van der Waals surface area contributed by atoms with E-state index in [1.165, 1.54) is 31.7 Å². The summed E-state index contributed by atoms with van der Waals surface area (Å²) in [6.45, 7) is 4.78. The second-order valence-electron chi connectivity index (χ2n) is 4.12. The number of piperidine rings is 1. The molecule has 0 bridgehead atoms. The Kier molecular flexibility index (Phi) is 5.14. The van der Waals surface area contributed by atoms with Crippen LogP contribution in [-0.4, -0.2) is 49.1 Å². The first-order valence-electron chi connectivity index (χ1n) is 5.16. The molecule has 1 saturated heterocycles. The predicted molar refractivity (Wildman–Crippen MR) is 61.5 cm³/mol. The van der Waals surface area contributed by atoms with E-state index in [0.717, 1.165) is 6.04 Å². The van der Waals surface area contributed by atoms with Crippen LogP contribution in [-0.2, 0) is 0 Å². The number of likely N-dealkylation sites (tertiary alicyclic amines) is 1. The van der Waals surface area contributed by atoms with Crippen LogP contribution < -0.4 is 5.32 Å². The first kappa shape index (κ1) is 11.3. The van der Waals surface area contributed by atoms with Crippen molar-refractivity contribution < 1.29 is 0 Å². The Bertz CT molecular complexity index is 141. The molecule has 0 aromatic rings. The maximum absolute atomic E-state index is 3.69. The van der Waals surface area contributed by atoms with E-state index in [2.05, 4.69) is 30.4 Å². The molecule has 1 N–H and O–H groups in total. The third-order valence-electron chi connectivity index (χ3n) is 2.56. The van der Waals surface area contributed by atoms with Crippen molar-refractivity contribution >= 4 is 11.8 Å². The van der Waals surface area contributed by atoms with Crippen LogP contribution in [0.4, 0.5) is 0 Å². The highest BCUT2D eigenvalue weighted by Gasteiger charge is 2.17. The van der Waals surface area contributed by atoms with Crippen LogP contribution >= 0.6 is 11.8 Å². The zero-order valence-corrected chi connectivity index (χ0v) is 9.86. The fourth-order valence-electron chi connectivity index (χ4n) is 2.00. The minimum Gasteiger partial charge on any atom is -0.309 e. The molecule has 1 rings (SSSR count). The van der Waals surface area contributed by atoms with Gasteiger partial charge in [-0.05, 0) is 39.6 Å². The topological polar surface area (TPSA) is 15.3 Å². The van der Waals surface area contributed by atoms with Gasteiger partial charge in [-0.2, -0.15) is 11.8 Å². The molecule has 0 aromatic heterocycles. The van der Waals surface area contributed by atoms with Gasteiger partial charge in [-0.25, -0.2) is 0 Å². The van der Waals surface area contributed by atoms with Gasteiger partial charge in [0.2, 0.25) is 0 Å². The Morgan fingerprint density at radius 3 is 3.00 bits per heavy atom. The second-order valence-corrected chi connectivity index (χ2v) is 5.04. The van der Waals surface area contributed by atoms with Crippen molar-refractivity contribution in [1.82, 2.24) is 10.2 Å². The van der Waals surface area contributed by atoms with Crippen LogP contribution in [0.3, 0.4) is 0 Å². The quantitative estimate of drug-likeness (QED) is 0.742. The molecule has 0 spiro atoms. The molecule has 0 aliphatic carbocycles. The Hall–Kier alpha value is 0.270. The maximum Gasteiger partial charge on any atom is 0.0198 e. The van der Waals surface area contributed by atoms with Crippen LogP contribution in [0.1, 0.15) is 19.8 Å². The number of rotatable bonds is 4. The molecule has 78 valence electrons. The van der Waals surface area contributed by atoms with Gasteiger partial charge in [0, 0.05) is 24.4 Å². The van der Waals surface area contributed by atoms with E-state index in [9.17, 15) is 0 Å². The first-order chi connectivity index (χ1) is 6.22. The van der Waals surface area contributed by atoms with Crippen molar-refractivity contribution in [2.75, 3.05) is 32.1 Å². The summed E-state index contributed by atoms with van der Waals surface area (Å²) in [5.74, 6) is 1.22. The summed E-state index contributed by atoms with van der Waals surface area (Å²) in [6.07, 6.45) is 4.87. The van der Waals surface area contributed by atoms with Crippen LogP contribution in [0.25, 0.3) is 0 Å². The number of thioether (sulfide) groups is 1. The van der Waals surface area contributed by atoms with E-state index in [1.807, 2.05) is 11.8 Å². The molecule has 2 unspecified atom stereocenters. The molecule has 0 aromatic carbocycles. The highest BCUT2D eigenvalue weighted by atomic mass is 32.2. The van der Waals surface area contributed by atoms with Gasteiger partial charge in [0.1, 0.15) is 0 Å². The van der Waals surface area contributed by atoms with E-state index < -0.39 is 0 Å². The Balaban J connectivity index is 2.19. The van der Waals surface area contributed by atoms with Crippen molar-refractivity contribution in [2.24, 2.45) is 0 Å². The maximum atomic E-state index is 3.69. The Labute approximate surface area is 86.5 Å². The largest absolute Gasteiger partial charge is 0.309 e. The van der Waals surface area contributed by atoms with Gasteiger partial charge in [0.25, 0.3) is 0 Å². The predicted octanol–water partition coefficient (Wildman–Crippen LogP) is 1.42. The highest BCUT2D eigenvalue weighted by Crippen LogP contribution is 2.09. The lowest BCUT2D eigenvalue weighted by molar-refractivity contribution is 0.221. The van der Waals surface area contributed by atoms with E-state index in [1.54, 1.807) is 0 Å². The molecular formula is C10H22N2S. The molecular weight excluding hydrogens is 180 g/mol. The van der Waals surface area contributed by atoms with E-state index in [0.29, 0.717) is 6.04 Å². The van der Waals surface area contributed by atoms with Gasteiger partial charge >= 0.3 is 0 Å². The standard InChI is InChI=1S/C10H22N2S/c1-9(8-13-3)11-10-5-4-6-12(2)7-10/h9-11H,4-8H2,1-3H3. The fourth-order valence-corrected chi connectivity index (χ4v) is 2.60. The molecule has 0 saturated carbocycles. The zero-order chi connectivity index (χ0) is 9.68. The average molecular weight is 202 g/mol. The zero-order valence-electron chi connectivity index (χ0n) is 9.05. The number of nitrogens with zero attached hydrogens (tertiary/aromatic N) is 1. The molecule has 0 radical (unpaired) electrons. The first-order valence-corrected chi connectivity index (χ1v) is 6.55. The van der Waals surface area contributed by atoms with Gasteiger partial charge in [-0.3, -0.25) is 0 Å². The minimum atomic E-state index is 0.659. The van der Waals surface area contributed by atoms with Crippen LogP contribution in [0, 0.1) is 0 Å². The molecule has 3 heteroatoms. The molecule has 1 fully saturated rings. The molecule has 0 amide bonds. The van der Waals surface area contributed by atoms with Gasteiger partial charge in [-0.1, -0.05) is 0 Å². The molecule has 1 heterocycles. The highest BCUT2D eigenvalue weighted by molar-refractivity contribution is 7.98. The van der Waals surface area contributed by atoms with Crippen LogP contribution in [0.5, 0.6) is 0 Å². The second kappa shape index (κ2) is 5.89. The van der Waals surface area contributed by atoms with Gasteiger partial charge in [0.05, 0.1) is 0 Å². The summed E-state index contributed by atoms with van der Waals surface area (Å²) in [5.41, 5.74) is 0. The van der Waals surface area contributed by atoms with Crippen molar-refractivity contribution in [2.45, 2.75) is 31.8 Å². The summed E-state index contributed by atoms with van der Waals surface area (Å²) >= 11 is 1.92. The number of hydrogen-bond donors (Lipinski definition) is 1. The summed E-state index contributed by atoms with van der Waals surface area (Å²) in [6, 6.07) is 1.38. The number of nitrogens with one attached hydrogen (secondary N) is 1. The summed E-state index contributed by atoms with van der Waals surface area (Å²) < 4.78 is 0. The normalized spacial score (nSPS) is 27.5. The Morgan fingerprint density at radius 2 is 2.38 bits per heavy atom. The van der Waals surface area contributed by atoms with Gasteiger partial charge in [0.15, 0.2) is 0 Å². The molecule has 1 aliphatic rings. The lowest BCUT2D eigenvalue weighted by atomic mass is 10.1. The SMILES string of the molecule is CSCC(C)NC1CCCN(C)C1. The van der Waals surface area contributed by atoms with E-state index in [4.69, 9.17) is 0 Å². The number of hydrogen-bond acceptors (Lipinski definition) is 3. The van der Waals surface area contributed by atoms with Crippen molar-refractivity contribution in [1.29, 1.82) is 0 Å². The molecule has 2 atom stereocenters. The number of likely N-dealkylation sites (N-methyl/N-ethyl adjacent to an activating group) is 1. The fraction of sp³-hybridized carbons (Fsp3) is 1.00. The third-order valence-corrected chi connectivity index (χ3v) is 3.39. The van der Waals surface area contributed by atoms with Crippen molar-refractivity contribution in [3.8, 4) is 0 Å². The summed E-state index contributed by atoms with van der Waals surface area (Å²) in [5, 5.41) is 3.69.